The molecule has 1 N–H and O–H groups in total. The van der Waals surface area contributed by atoms with Crippen LogP contribution in [0.1, 0.15) is 30.0 Å². The molecule has 5 heteroatoms. The van der Waals surface area contributed by atoms with Crippen molar-refractivity contribution in [3.8, 4) is 0 Å². The van der Waals surface area contributed by atoms with Crippen LogP contribution in [0.3, 0.4) is 0 Å². The third kappa shape index (κ3) is 3.34. The fraction of sp³-hybridized carbons (Fsp3) is 0.462. The minimum absolute atomic E-state index is 0.490. The summed E-state index contributed by atoms with van der Waals surface area (Å²) in [4.78, 5) is 1.23. The smallest absolute Gasteiger partial charge is 0.0931 e. The minimum atomic E-state index is 0.490. The van der Waals surface area contributed by atoms with Crippen molar-refractivity contribution in [2.75, 3.05) is 0 Å². The lowest BCUT2D eigenvalue weighted by Crippen LogP contribution is -2.22. The lowest BCUT2D eigenvalue weighted by Gasteiger charge is -2.08. The summed E-state index contributed by atoms with van der Waals surface area (Å²) in [5.74, 6) is 0. The summed E-state index contributed by atoms with van der Waals surface area (Å²) in [6.07, 6.45) is 1.94. The number of thiophene rings is 1. The molecule has 0 unspecified atom stereocenters. The molecule has 0 radical (unpaired) electrons. The van der Waals surface area contributed by atoms with Crippen molar-refractivity contribution in [3.63, 3.8) is 0 Å². The molecule has 0 bridgehead atoms. The first kappa shape index (κ1) is 13.6. The zero-order valence-corrected chi connectivity index (χ0v) is 12.5. The van der Waals surface area contributed by atoms with Crippen molar-refractivity contribution < 1.29 is 0 Å². The first-order valence-electron chi connectivity index (χ1n) is 6.05. The van der Waals surface area contributed by atoms with Crippen molar-refractivity contribution in [3.05, 3.63) is 38.8 Å². The Labute approximate surface area is 117 Å². The summed E-state index contributed by atoms with van der Waals surface area (Å²) in [5.41, 5.74) is 2.47. The van der Waals surface area contributed by atoms with Gasteiger partial charge in [0.05, 0.1) is 17.1 Å². The molecule has 0 aliphatic rings. The Kier molecular flexibility index (Phi) is 4.43. The van der Waals surface area contributed by atoms with E-state index in [0.717, 1.165) is 17.4 Å². The Morgan fingerprint density at radius 2 is 2.22 bits per heavy atom. The van der Waals surface area contributed by atoms with Gasteiger partial charge in [0.25, 0.3) is 0 Å². The molecule has 0 spiro atoms. The molecule has 2 aromatic heterocycles. The number of halogens is 1. The molecule has 3 nitrogen and oxygen atoms in total. The summed E-state index contributed by atoms with van der Waals surface area (Å²) in [5, 5.41) is 7.85. The first-order chi connectivity index (χ1) is 8.56. The highest BCUT2D eigenvalue weighted by molar-refractivity contribution is 7.16. The van der Waals surface area contributed by atoms with E-state index in [0.29, 0.717) is 6.04 Å². The summed E-state index contributed by atoms with van der Waals surface area (Å²) in [6, 6.07) is 4.48. The Hall–Kier alpha value is -0.840. The third-order valence-electron chi connectivity index (χ3n) is 2.84. The quantitative estimate of drug-likeness (QED) is 0.911. The second-order valence-electron chi connectivity index (χ2n) is 4.65. The van der Waals surface area contributed by atoms with E-state index in [1.54, 1.807) is 11.3 Å². The monoisotopic (exact) mass is 283 g/mol. The molecule has 2 aromatic rings. The normalized spacial score (nSPS) is 11.4. The van der Waals surface area contributed by atoms with Crippen LogP contribution >= 0.6 is 22.9 Å². The van der Waals surface area contributed by atoms with Gasteiger partial charge in [-0.2, -0.15) is 5.10 Å². The van der Waals surface area contributed by atoms with Crippen LogP contribution in [-0.4, -0.2) is 15.8 Å². The number of nitrogens with one attached hydrogen (secondary N) is 1. The summed E-state index contributed by atoms with van der Waals surface area (Å²) in [7, 11) is 0. The zero-order chi connectivity index (χ0) is 13.1. The Balaban J connectivity index is 2.06. The highest BCUT2D eigenvalue weighted by atomic mass is 35.5. The first-order valence-corrected chi connectivity index (χ1v) is 7.24. The van der Waals surface area contributed by atoms with Gasteiger partial charge in [0.15, 0.2) is 0 Å². The van der Waals surface area contributed by atoms with Gasteiger partial charge in [-0.05, 0) is 19.1 Å². The van der Waals surface area contributed by atoms with E-state index in [-0.39, 0.29) is 0 Å². The fourth-order valence-electron chi connectivity index (χ4n) is 1.72. The van der Waals surface area contributed by atoms with E-state index in [2.05, 4.69) is 37.3 Å². The van der Waals surface area contributed by atoms with Crippen LogP contribution in [0, 0.1) is 6.92 Å². The number of rotatable bonds is 5. The number of aromatic nitrogens is 2. The van der Waals surface area contributed by atoms with E-state index >= 15 is 0 Å². The molecule has 0 saturated carbocycles. The lowest BCUT2D eigenvalue weighted by atomic mass is 10.2. The summed E-state index contributed by atoms with van der Waals surface area (Å²) in [6.45, 7) is 8.07. The van der Waals surface area contributed by atoms with Crippen LogP contribution in [0.5, 0.6) is 0 Å². The zero-order valence-electron chi connectivity index (χ0n) is 10.9. The molecule has 2 heterocycles. The predicted molar refractivity (Wildman–Crippen MR) is 77.4 cm³/mol. The van der Waals surface area contributed by atoms with Gasteiger partial charge >= 0.3 is 0 Å². The van der Waals surface area contributed by atoms with Gasteiger partial charge in [0, 0.05) is 28.7 Å². The Bertz CT molecular complexity index is 516. The molecule has 0 fully saturated rings. The van der Waals surface area contributed by atoms with E-state index < -0.39 is 0 Å². The molecule has 0 amide bonds. The van der Waals surface area contributed by atoms with Crippen LogP contribution in [0.15, 0.2) is 18.3 Å². The number of nitrogens with zero attached hydrogens (tertiary/aromatic N) is 2. The number of hydrogen-bond donors (Lipinski definition) is 1. The van der Waals surface area contributed by atoms with Gasteiger partial charge in [-0.25, -0.2) is 0 Å². The molecule has 0 saturated heterocycles. The topological polar surface area (TPSA) is 29.9 Å². The highest BCUT2D eigenvalue weighted by Gasteiger charge is 2.08. The molecule has 0 atom stereocenters. The van der Waals surface area contributed by atoms with Crippen molar-refractivity contribution in [2.24, 2.45) is 0 Å². The highest BCUT2D eigenvalue weighted by Crippen LogP contribution is 2.22. The molecule has 98 valence electrons. The second kappa shape index (κ2) is 5.87. The van der Waals surface area contributed by atoms with E-state index in [9.17, 15) is 0 Å². The third-order valence-corrected chi connectivity index (χ3v) is 4.06. The molecule has 0 aromatic carbocycles. The second-order valence-corrected chi connectivity index (χ2v) is 6.45. The van der Waals surface area contributed by atoms with Gasteiger partial charge in [0.1, 0.15) is 0 Å². The largest absolute Gasteiger partial charge is 0.310 e. The Morgan fingerprint density at radius 3 is 2.83 bits per heavy atom. The van der Waals surface area contributed by atoms with E-state index in [1.807, 2.05) is 16.9 Å². The summed E-state index contributed by atoms with van der Waals surface area (Å²) < 4.78 is 2.86. The maximum atomic E-state index is 5.94. The van der Waals surface area contributed by atoms with Gasteiger partial charge in [-0.3, -0.25) is 4.68 Å². The van der Waals surface area contributed by atoms with Gasteiger partial charge in [0.2, 0.25) is 0 Å². The molecular formula is C13H18ClN3S. The number of hydrogen-bond acceptors (Lipinski definition) is 3. The van der Waals surface area contributed by atoms with E-state index in [1.165, 1.54) is 16.1 Å². The van der Waals surface area contributed by atoms with Crippen LogP contribution in [0.2, 0.25) is 4.34 Å². The van der Waals surface area contributed by atoms with Crippen molar-refractivity contribution in [2.45, 2.75) is 39.9 Å². The Morgan fingerprint density at radius 1 is 1.44 bits per heavy atom. The van der Waals surface area contributed by atoms with Crippen LogP contribution in [-0.2, 0) is 13.1 Å². The van der Waals surface area contributed by atoms with Crippen LogP contribution in [0.4, 0.5) is 0 Å². The molecular weight excluding hydrogens is 266 g/mol. The van der Waals surface area contributed by atoms with E-state index in [4.69, 9.17) is 11.6 Å². The van der Waals surface area contributed by atoms with Gasteiger partial charge in [-0.15, -0.1) is 11.3 Å². The van der Waals surface area contributed by atoms with Gasteiger partial charge < -0.3 is 5.32 Å². The molecule has 0 aliphatic carbocycles. The van der Waals surface area contributed by atoms with Crippen molar-refractivity contribution >= 4 is 22.9 Å². The van der Waals surface area contributed by atoms with Gasteiger partial charge in [-0.1, -0.05) is 25.4 Å². The SMILES string of the molecule is Cc1c(CNC(C)C)cnn1Cc1ccc(Cl)s1. The standard InChI is InChI=1S/C13H18ClN3S/c1-9(2)15-6-11-7-16-17(10(11)3)8-12-4-5-13(14)18-12/h4-5,7,9,15H,6,8H2,1-3H3. The molecule has 2 rings (SSSR count). The average Bonchev–Trinajstić information content (AvgIpc) is 2.86. The van der Waals surface area contributed by atoms with Crippen molar-refractivity contribution in [1.82, 2.24) is 15.1 Å². The average molecular weight is 284 g/mol. The predicted octanol–water partition coefficient (Wildman–Crippen LogP) is 3.45. The molecule has 0 aliphatic heterocycles. The lowest BCUT2D eigenvalue weighted by molar-refractivity contribution is 0.585. The van der Waals surface area contributed by atoms with Crippen LogP contribution in [0.25, 0.3) is 0 Å². The van der Waals surface area contributed by atoms with Crippen LogP contribution < -0.4 is 5.32 Å². The maximum absolute atomic E-state index is 5.94. The maximum Gasteiger partial charge on any atom is 0.0931 e. The fourth-order valence-corrected chi connectivity index (χ4v) is 2.79. The molecule has 18 heavy (non-hydrogen) atoms. The van der Waals surface area contributed by atoms with Crippen molar-refractivity contribution in [1.29, 1.82) is 0 Å². The summed E-state index contributed by atoms with van der Waals surface area (Å²) >= 11 is 7.54. The minimum Gasteiger partial charge on any atom is -0.310 e.